The second-order valence-corrected chi connectivity index (χ2v) is 10.4. The number of halogens is 1. The van der Waals surface area contributed by atoms with Crippen molar-refractivity contribution < 1.29 is 26.9 Å². The Labute approximate surface area is 246 Å². The Balaban J connectivity index is 0.00000462. The van der Waals surface area contributed by atoms with Crippen molar-refractivity contribution in [2.24, 2.45) is 16.6 Å². The van der Waals surface area contributed by atoms with Crippen LogP contribution in [0.4, 0.5) is 0 Å². The van der Waals surface area contributed by atoms with E-state index in [1.165, 1.54) is 12.1 Å². The molecule has 0 aromatic heterocycles. The van der Waals surface area contributed by atoms with E-state index in [4.69, 9.17) is 30.0 Å². The smallest absolute Gasteiger partial charge is 0.342 e. The molecule has 4 N–H and O–H groups in total. The molecule has 0 fully saturated rings. The molecule has 0 spiro atoms. The average molecular weight is 598 g/mol. The summed E-state index contributed by atoms with van der Waals surface area (Å²) in [6.07, 6.45) is 0.512. The average Bonchev–Trinajstić information content (AvgIpc) is 2.94. The van der Waals surface area contributed by atoms with Crippen molar-refractivity contribution in [3.63, 3.8) is 0 Å². The van der Waals surface area contributed by atoms with Gasteiger partial charge in [0.2, 0.25) is 5.96 Å². The van der Waals surface area contributed by atoms with Crippen molar-refractivity contribution in [2.45, 2.75) is 24.8 Å². The van der Waals surface area contributed by atoms with Gasteiger partial charge in [0.25, 0.3) is 0 Å². The molecule has 0 saturated heterocycles. The minimum absolute atomic E-state index is 0. The molecular formula is C30H32ClN3O6S. The highest BCUT2D eigenvalue weighted by molar-refractivity contribution is 7.87. The van der Waals surface area contributed by atoms with E-state index in [1.807, 2.05) is 61.5 Å². The lowest BCUT2D eigenvalue weighted by Gasteiger charge is -2.14. The predicted octanol–water partition coefficient (Wildman–Crippen LogP) is 5.40. The maximum absolute atomic E-state index is 13.3. The molecule has 0 aliphatic carbocycles. The first-order valence-electron chi connectivity index (χ1n) is 12.6. The van der Waals surface area contributed by atoms with Crippen molar-refractivity contribution in [3.05, 3.63) is 108 Å². The normalized spacial score (nSPS) is 10.7. The third kappa shape index (κ3) is 9.33. The molecule has 4 rings (SSSR count). The fourth-order valence-electron chi connectivity index (χ4n) is 3.86. The molecular weight excluding hydrogens is 566 g/mol. The third-order valence-electron chi connectivity index (χ3n) is 5.60. The van der Waals surface area contributed by atoms with E-state index in [0.29, 0.717) is 18.8 Å². The van der Waals surface area contributed by atoms with Crippen LogP contribution in [0.3, 0.4) is 0 Å². The number of aryl methyl sites for hydroxylation is 1. The summed E-state index contributed by atoms with van der Waals surface area (Å²) in [6.45, 7) is 2.56. The van der Waals surface area contributed by atoms with Gasteiger partial charge >= 0.3 is 10.1 Å². The van der Waals surface area contributed by atoms with Gasteiger partial charge in [-0.25, -0.2) is 0 Å². The molecule has 0 radical (unpaired) electrons. The zero-order valence-electron chi connectivity index (χ0n) is 22.4. The number of para-hydroxylation sites is 1. The first kappa shape index (κ1) is 31.1. The van der Waals surface area contributed by atoms with Crippen LogP contribution in [0, 0.1) is 6.92 Å². The zero-order valence-corrected chi connectivity index (χ0v) is 24.1. The van der Waals surface area contributed by atoms with E-state index < -0.39 is 10.1 Å². The van der Waals surface area contributed by atoms with E-state index >= 15 is 0 Å². The Bertz CT molecular complexity index is 1560. The molecule has 0 aliphatic heterocycles. The molecule has 9 nitrogen and oxygen atoms in total. The number of ether oxygens (including phenoxy) is 2. The van der Waals surface area contributed by atoms with Gasteiger partial charge in [-0.1, -0.05) is 60.7 Å². The number of nitrogens with zero attached hydrogens (tertiary/aromatic N) is 1. The lowest BCUT2D eigenvalue weighted by atomic mass is 10.0. The molecule has 4 aromatic carbocycles. The minimum atomic E-state index is -4.21. The number of hydrogen-bond acceptors (Lipinski definition) is 7. The highest BCUT2D eigenvalue weighted by atomic mass is 35.5. The van der Waals surface area contributed by atoms with Crippen LogP contribution in [0.25, 0.3) is 11.1 Å². The zero-order chi connectivity index (χ0) is 28.4. The van der Waals surface area contributed by atoms with Crippen molar-refractivity contribution >= 4 is 28.5 Å². The summed E-state index contributed by atoms with van der Waals surface area (Å²) < 4.78 is 43.8. The van der Waals surface area contributed by atoms with Crippen molar-refractivity contribution in [1.29, 1.82) is 0 Å². The van der Waals surface area contributed by atoms with Crippen molar-refractivity contribution in [1.82, 2.24) is 0 Å². The number of benzene rings is 4. The molecule has 0 bridgehead atoms. The molecule has 0 aliphatic rings. The van der Waals surface area contributed by atoms with E-state index in [2.05, 4.69) is 5.16 Å². The number of rotatable bonds is 13. The molecule has 0 heterocycles. The maximum atomic E-state index is 13.3. The summed E-state index contributed by atoms with van der Waals surface area (Å²) in [5, 5.41) is 3.44. The number of oxime groups is 1. The molecule has 0 saturated carbocycles. The van der Waals surface area contributed by atoms with Gasteiger partial charge in [-0.05, 0) is 64.7 Å². The molecule has 41 heavy (non-hydrogen) atoms. The monoisotopic (exact) mass is 597 g/mol. The van der Waals surface area contributed by atoms with E-state index in [0.717, 1.165) is 22.3 Å². The van der Waals surface area contributed by atoms with Crippen LogP contribution in [0.15, 0.2) is 107 Å². The quantitative estimate of drug-likeness (QED) is 0.0687. The van der Waals surface area contributed by atoms with Crippen LogP contribution in [-0.2, 0) is 21.6 Å². The van der Waals surface area contributed by atoms with E-state index in [1.54, 1.807) is 30.3 Å². The van der Waals surface area contributed by atoms with Crippen LogP contribution in [0.2, 0.25) is 0 Å². The Morgan fingerprint density at radius 1 is 0.780 bits per heavy atom. The Morgan fingerprint density at radius 2 is 1.49 bits per heavy atom. The molecule has 0 amide bonds. The van der Waals surface area contributed by atoms with Crippen LogP contribution >= 0.6 is 12.4 Å². The van der Waals surface area contributed by atoms with Gasteiger partial charge in [-0.3, -0.25) is 0 Å². The summed E-state index contributed by atoms with van der Waals surface area (Å²) in [7, 11) is -4.21. The van der Waals surface area contributed by atoms with E-state index in [9.17, 15) is 8.42 Å². The Kier molecular flexibility index (Phi) is 11.3. The van der Waals surface area contributed by atoms with Crippen LogP contribution in [0.1, 0.15) is 17.5 Å². The lowest BCUT2D eigenvalue weighted by molar-refractivity contribution is 0.127. The number of hydrogen-bond donors (Lipinski definition) is 2. The van der Waals surface area contributed by atoms with Gasteiger partial charge in [0.1, 0.15) is 35.4 Å². The SMILES string of the molecule is Cc1cc(OCCCON=C(N)N)cc(OS(=O)(=O)c2ccccc2OCc2cccc(-c3ccccc3)c2)c1.Cl. The largest absolute Gasteiger partial charge is 0.493 e. The molecule has 216 valence electrons. The first-order chi connectivity index (χ1) is 19.3. The molecule has 0 unspecified atom stereocenters. The predicted molar refractivity (Wildman–Crippen MR) is 161 cm³/mol. The van der Waals surface area contributed by atoms with Gasteiger partial charge in [0, 0.05) is 12.5 Å². The van der Waals surface area contributed by atoms with Crippen LogP contribution in [0.5, 0.6) is 17.2 Å². The summed E-state index contributed by atoms with van der Waals surface area (Å²) in [4.78, 5) is 4.85. The standard InChI is InChI=1S/C30H31N3O6S.ClH/c1-22-17-26(36-15-8-16-38-33-30(31)32)20-27(18-22)39-40(34,35)29-14-6-5-13-28(29)37-21-23-9-7-12-25(19-23)24-10-3-2-4-11-24;/h2-7,9-14,17-20H,8,15-16,21H2,1H3,(H4,31,32,33);1H. The highest BCUT2D eigenvalue weighted by Crippen LogP contribution is 2.30. The highest BCUT2D eigenvalue weighted by Gasteiger charge is 2.22. The molecule has 4 aromatic rings. The third-order valence-corrected chi connectivity index (χ3v) is 6.88. The Hall–Kier alpha value is -4.41. The minimum Gasteiger partial charge on any atom is -0.493 e. The maximum Gasteiger partial charge on any atom is 0.342 e. The summed E-state index contributed by atoms with van der Waals surface area (Å²) in [6, 6.07) is 29.2. The van der Waals surface area contributed by atoms with Gasteiger partial charge in [-0.15, -0.1) is 12.4 Å². The van der Waals surface area contributed by atoms with E-state index in [-0.39, 0.29) is 48.0 Å². The second-order valence-electron chi connectivity index (χ2n) is 8.87. The van der Waals surface area contributed by atoms with Gasteiger partial charge < -0.3 is 30.0 Å². The van der Waals surface area contributed by atoms with Gasteiger partial charge in [0.15, 0.2) is 0 Å². The van der Waals surface area contributed by atoms with Crippen molar-refractivity contribution in [2.75, 3.05) is 13.2 Å². The first-order valence-corrected chi connectivity index (χ1v) is 14.0. The molecule has 11 heteroatoms. The summed E-state index contributed by atoms with van der Waals surface area (Å²) in [5.41, 5.74) is 14.2. The summed E-state index contributed by atoms with van der Waals surface area (Å²) in [5.74, 6) is 0.608. The van der Waals surface area contributed by atoms with Gasteiger partial charge in [0.05, 0.1) is 6.61 Å². The van der Waals surface area contributed by atoms with Gasteiger partial charge in [-0.2, -0.15) is 8.42 Å². The fourth-order valence-corrected chi connectivity index (χ4v) is 4.92. The fraction of sp³-hybridized carbons (Fsp3) is 0.167. The number of guanidine groups is 1. The van der Waals surface area contributed by atoms with Crippen molar-refractivity contribution in [3.8, 4) is 28.4 Å². The van der Waals surface area contributed by atoms with Crippen LogP contribution < -0.4 is 25.1 Å². The second kappa shape index (κ2) is 14.8. The summed E-state index contributed by atoms with van der Waals surface area (Å²) >= 11 is 0. The topological polar surface area (TPSA) is 135 Å². The lowest BCUT2D eigenvalue weighted by Crippen LogP contribution is -2.23. The van der Waals surface area contributed by atoms with Crippen LogP contribution in [-0.4, -0.2) is 27.6 Å². The Morgan fingerprint density at radius 3 is 2.27 bits per heavy atom. The number of nitrogens with two attached hydrogens (primary N) is 2. The molecule has 0 atom stereocenters.